The van der Waals surface area contributed by atoms with Gasteiger partial charge in [-0.15, -0.1) is 0 Å². The molecule has 172 valence electrons. The summed E-state index contributed by atoms with van der Waals surface area (Å²) in [6, 6.07) is 40.6. The van der Waals surface area contributed by atoms with E-state index in [1.807, 2.05) is 6.07 Å². The van der Waals surface area contributed by atoms with Gasteiger partial charge in [0, 0.05) is 42.9 Å². The molecule has 3 heteroatoms. The van der Waals surface area contributed by atoms with Crippen molar-refractivity contribution >= 4 is 48.5 Å². The maximum absolute atomic E-state index is 5.40. The molecule has 0 spiro atoms. The number of benzene rings is 5. The molecule has 0 bridgehead atoms. The molecular formula is C34H19BrN2. The molecule has 5 aromatic carbocycles. The van der Waals surface area contributed by atoms with Gasteiger partial charge in [0.05, 0.1) is 22.4 Å². The van der Waals surface area contributed by atoms with Crippen LogP contribution < -0.4 is 0 Å². The Kier molecular flexibility index (Phi) is 4.40. The van der Waals surface area contributed by atoms with Gasteiger partial charge in [-0.3, -0.25) is 0 Å². The van der Waals surface area contributed by atoms with Crippen molar-refractivity contribution in [2.24, 2.45) is 0 Å². The summed E-state index contributed by atoms with van der Waals surface area (Å²) < 4.78 is 1.10. The molecule has 2 aromatic heterocycles. The van der Waals surface area contributed by atoms with Crippen LogP contribution in [0.25, 0.3) is 77.3 Å². The third-order valence-electron chi connectivity index (χ3n) is 7.46. The van der Waals surface area contributed by atoms with Crippen LogP contribution >= 0.6 is 15.9 Å². The summed E-state index contributed by atoms with van der Waals surface area (Å²) in [5, 5.41) is 4.69. The number of hydrogen-bond donors (Lipinski definition) is 0. The summed E-state index contributed by atoms with van der Waals surface area (Å²) in [5.74, 6) is 0. The zero-order valence-electron chi connectivity index (χ0n) is 19.7. The number of nitrogens with zero attached hydrogens (tertiary/aromatic N) is 2. The van der Waals surface area contributed by atoms with Gasteiger partial charge in [0.15, 0.2) is 0 Å². The van der Waals surface area contributed by atoms with Crippen molar-refractivity contribution in [3.05, 3.63) is 120 Å². The molecule has 2 nitrogen and oxygen atoms in total. The molecule has 0 fully saturated rings. The lowest BCUT2D eigenvalue weighted by Gasteiger charge is -2.15. The predicted molar refractivity (Wildman–Crippen MR) is 158 cm³/mol. The first-order valence-corrected chi connectivity index (χ1v) is 13.2. The van der Waals surface area contributed by atoms with Crippen LogP contribution in [0.2, 0.25) is 0 Å². The van der Waals surface area contributed by atoms with Crippen molar-refractivity contribution in [1.82, 2.24) is 9.97 Å². The van der Waals surface area contributed by atoms with Crippen LogP contribution in [0.3, 0.4) is 0 Å². The Morgan fingerprint density at radius 1 is 0.486 bits per heavy atom. The molecule has 0 atom stereocenters. The van der Waals surface area contributed by atoms with Crippen molar-refractivity contribution in [2.45, 2.75) is 0 Å². The molecule has 0 unspecified atom stereocenters. The largest absolute Gasteiger partial charge is 0.245 e. The number of rotatable bonds is 2. The lowest BCUT2D eigenvalue weighted by atomic mass is 9.91. The molecule has 37 heavy (non-hydrogen) atoms. The second-order valence-electron chi connectivity index (χ2n) is 9.50. The van der Waals surface area contributed by atoms with Gasteiger partial charge in [-0.1, -0.05) is 119 Å². The zero-order valence-corrected chi connectivity index (χ0v) is 21.3. The Morgan fingerprint density at radius 2 is 1.24 bits per heavy atom. The molecular weight excluding hydrogens is 516 g/mol. The summed E-state index contributed by atoms with van der Waals surface area (Å²) in [5.41, 5.74) is 11.0. The number of aromatic nitrogens is 2. The summed E-state index contributed by atoms with van der Waals surface area (Å²) in [4.78, 5) is 10.6. The van der Waals surface area contributed by atoms with Gasteiger partial charge in [-0.05, 0) is 28.6 Å². The van der Waals surface area contributed by atoms with E-state index in [1.54, 1.807) is 0 Å². The Hall–Kier alpha value is -4.34. The first-order chi connectivity index (χ1) is 18.3. The molecule has 0 saturated heterocycles. The maximum Gasteiger partial charge on any atom is 0.0979 e. The standard InChI is InChI=1S/C34H19BrN2/c35-27-18-17-24-30-23(27)12-7-13-25(30)33-31(24)29(21-10-5-2-6-11-21)26-16-14-22-15-19-28(20-8-3-1-4-9-20)36-32(22)34(26)37-33/h1-19H. The second-order valence-corrected chi connectivity index (χ2v) is 10.3. The lowest BCUT2D eigenvalue weighted by Crippen LogP contribution is -1.95. The fraction of sp³-hybridized carbons (Fsp3) is 0. The summed E-state index contributed by atoms with van der Waals surface area (Å²) in [6.45, 7) is 0. The van der Waals surface area contributed by atoms with Crippen LogP contribution in [0.4, 0.5) is 0 Å². The average molecular weight is 535 g/mol. The van der Waals surface area contributed by atoms with Crippen molar-refractivity contribution in [3.63, 3.8) is 0 Å². The summed E-state index contributed by atoms with van der Waals surface area (Å²) in [7, 11) is 0. The number of hydrogen-bond acceptors (Lipinski definition) is 2. The van der Waals surface area contributed by atoms with Crippen molar-refractivity contribution in [2.75, 3.05) is 0 Å². The first kappa shape index (κ1) is 20.8. The minimum Gasteiger partial charge on any atom is -0.245 e. The normalized spacial score (nSPS) is 11.9. The van der Waals surface area contributed by atoms with E-state index >= 15 is 0 Å². The van der Waals surface area contributed by atoms with E-state index in [2.05, 4.69) is 125 Å². The van der Waals surface area contributed by atoms with E-state index in [0.717, 1.165) is 43.2 Å². The van der Waals surface area contributed by atoms with E-state index in [9.17, 15) is 0 Å². The third-order valence-corrected chi connectivity index (χ3v) is 8.15. The fourth-order valence-corrected chi connectivity index (χ4v) is 6.28. The lowest BCUT2D eigenvalue weighted by molar-refractivity contribution is 1.37. The topological polar surface area (TPSA) is 25.8 Å². The fourth-order valence-electron chi connectivity index (χ4n) is 5.82. The molecule has 1 aliphatic rings. The minimum absolute atomic E-state index is 0.933. The van der Waals surface area contributed by atoms with Crippen LogP contribution in [0.15, 0.2) is 120 Å². The smallest absolute Gasteiger partial charge is 0.0979 e. The first-order valence-electron chi connectivity index (χ1n) is 12.4. The molecule has 0 radical (unpaired) electrons. The van der Waals surface area contributed by atoms with E-state index in [1.165, 1.54) is 38.6 Å². The molecule has 1 aliphatic carbocycles. The van der Waals surface area contributed by atoms with Crippen molar-refractivity contribution < 1.29 is 0 Å². The van der Waals surface area contributed by atoms with E-state index in [-0.39, 0.29) is 0 Å². The van der Waals surface area contributed by atoms with Gasteiger partial charge in [-0.2, -0.15) is 0 Å². The monoisotopic (exact) mass is 534 g/mol. The average Bonchev–Trinajstić information content (AvgIpc) is 3.28. The molecule has 0 amide bonds. The highest BCUT2D eigenvalue weighted by molar-refractivity contribution is 9.10. The molecule has 2 heterocycles. The third kappa shape index (κ3) is 2.98. The van der Waals surface area contributed by atoms with E-state index in [0.29, 0.717) is 0 Å². The van der Waals surface area contributed by atoms with Crippen LogP contribution in [0.1, 0.15) is 0 Å². The molecule has 0 aliphatic heterocycles. The molecule has 0 saturated carbocycles. The highest BCUT2D eigenvalue weighted by Gasteiger charge is 2.29. The molecule has 8 rings (SSSR count). The Balaban J connectivity index is 1.55. The number of pyridine rings is 2. The Morgan fingerprint density at radius 3 is 2.05 bits per heavy atom. The van der Waals surface area contributed by atoms with Crippen LogP contribution in [0, 0.1) is 0 Å². The predicted octanol–water partition coefficient (Wildman–Crippen LogP) is 9.68. The zero-order chi connectivity index (χ0) is 24.5. The van der Waals surface area contributed by atoms with Gasteiger partial charge >= 0.3 is 0 Å². The second kappa shape index (κ2) is 7.83. The van der Waals surface area contributed by atoms with Gasteiger partial charge in [0.1, 0.15) is 0 Å². The van der Waals surface area contributed by atoms with Crippen LogP contribution in [-0.2, 0) is 0 Å². The maximum atomic E-state index is 5.40. The van der Waals surface area contributed by atoms with Crippen LogP contribution in [0.5, 0.6) is 0 Å². The van der Waals surface area contributed by atoms with Gasteiger partial charge < -0.3 is 0 Å². The van der Waals surface area contributed by atoms with Gasteiger partial charge in [0.25, 0.3) is 0 Å². The Bertz CT molecular complexity index is 2030. The molecule has 0 N–H and O–H groups in total. The highest BCUT2D eigenvalue weighted by atomic mass is 79.9. The minimum atomic E-state index is 0.933. The quantitative estimate of drug-likeness (QED) is 0.206. The van der Waals surface area contributed by atoms with E-state index in [4.69, 9.17) is 9.97 Å². The van der Waals surface area contributed by atoms with E-state index < -0.39 is 0 Å². The number of halogens is 1. The van der Waals surface area contributed by atoms with Gasteiger partial charge in [-0.25, -0.2) is 9.97 Å². The SMILES string of the molecule is Brc1ccc2c3c(cccc13)-c1nc3c(ccc4ccc(-c5ccccc5)nc43)c(-c3ccccc3)c1-2. The highest BCUT2D eigenvalue weighted by Crippen LogP contribution is 2.53. The summed E-state index contributed by atoms with van der Waals surface area (Å²) >= 11 is 3.78. The summed E-state index contributed by atoms with van der Waals surface area (Å²) in [6.07, 6.45) is 0. The van der Waals surface area contributed by atoms with Gasteiger partial charge in [0.2, 0.25) is 0 Å². The number of fused-ring (bicyclic) bond motifs is 6. The Labute approximate surface area is 222 Å². The van der Waals surface area contributed by atoms with Crippen LogP contribution in [-0.4, -0.2) is 9.97 Å². The van der Waals surface area contributed by atoms with Crippen molar-refractivity contribution in [3.8, 4) is 44.8 Å². The molecule has 7 aromatic rings. The van der Waals surface area contributed by atoms with Crippen molar-refractivity contribution in [1.29, 1.82) is 0 Å².